The number of aromatic nitrogens is 5. The molecule has 0 fully saturated rings. The van der Waals surface area contributed by atoms with Gasteiger partial charge in [-0.25, -0.2) is 4.98 Å². The van der Waals surface area contributed by atoms with Crippen LogP contribution >= 0.6 is 0 Å². The number of benzene rings is 2. The molecule has 0 aliphatic heterocycles. The van der Waals surface area contributed by atoms with Gasteiger partial charge in [-0.1, -0.05) is 30.3 Å². The molecule has 0 saturated carbocycles. The number of methoxy groups -OCH3 is 2. The molecule has 0 aliphatic rings. The van der Waals surface area contributed by atoms with E-state index in [1.807, 2.05) is 73.3 Å². The predicted octanol–water partition coefficient (Wildman–Crippen LogP) is 3.30. The Balaban J connectivity index is 1.63. The van der Waals surface area contributed by atoms with Crippen molar-refractivity contribution in [3.8, 4) is 17.4 Å². The van der Waals surface area contributed by atoms with E-state index in [4.69, 9.17) is 9.47 Å². The fraction of sp³-hybridized carbons (Fsp3) is 0.250. The third kappa shape index (κ3) is 4.91. The minimum absolute atomic E-state index is 0.107. The van der Waals surface area contributed by atoms with E-state index in [2.05, 4.69) is 25.3 Å². The van der Waals surface area contributed by atoms with Crippen LogP contribution in [0.2, 0.25) is 0 Å². The van der Waals surface area contributed by atoms with Gasteiger partial charge in [-0.05, 0) is 24.6 Å². The van der Waals surface area contributed by atoms with Crippen LogP contribution in [-0.4, -0.2) is 57.5 Å². The summed E-state index contributed by atoms with van der Waals surface area (Å²) in [6.07, 6.45) is 3.66. The van der Waals surface area contributed by atoms with E-state index in [1.165, 1.54) is 7.11 Å². The first kappa shape index (κ1) is 23.0. The number of ether oxygens (including phenoxy) is 2. The van der Waals surface area contributed by atoms with Gasteiger partial charge in [-0.15, -0.1) is 0 Å². The maximum Gasteiger partial charge on any atom is 0.322 e. The molecule has 2 aromatic carbocycles. The Morgan fingerprint density at radius 1 is 1.06 bits per heavy atom. The maximum absolute atomic E-state index is 10.0. The van der Waals surface area contributed by atoms with Crippen LogP contribution in [0.4, 0.5) is 17.6 Å². The number of hydrogen-bond acceptors (Lipinski definition) is 9. The van der Waals surface area contributed by atoms with E-state index in [9.17, 15) is 5.11 Å². The van der Waals surface area contributed by atoms with Gasteiger partial charge in [-0.2, -0.15) is 15.0 Å². The van der Waals surface area contributed by atoms with Gasteiger partial charge in [-0.3, -0.25) is 0 Å². The minimum Gasteiger partial charge on any atom is -0.494 e. The van der Waals surface area contributed by atoms with E-state index >= 15 is 0 Å². The van der Waals surface area contributed by atoms with E-state index in [1.54, 1.807) is 18.3 Å². The summed E-state index contributed by atoms with van der Waals surface area (Å²) in [5.74, 6) is 1.31. The molecule has 1 atom stereocenters. The molecule has 0 saturated heterocycles. The molecule has 2 aromatic heterocycles. The largest absolute Gasteiger partial charge is 0.494 e. The molecule has 0 bridgehead atoms. The lowest BCUT2D eigenvalue weighted by Gasteiger charge is -2.27. The number of nitrogens with one attached hydrogen (secondary N) is 1. The van der Waals surface area contributed by atoms with Crippen LogP contribution < -0.4 is 19.7 Å². The van der Waals surface area contributed by atoms with Gasteiger partial charge in [0.25, 0.3) is 0 Å². The van der Waals surface area contributed by atoms with E-state index in [-0.39, 0.29) is 18.7 Å². The lowest BCUT2D eigenvalue weighted by Crippen LogP contribution is -2.29. The monoisotopic (exact) mass is 461 g/mol. The van der Waals surface area contributed by atoms with Crippen molar-refractivity contribution in [1.82, 2.24) is 24.5 Å². The molecule has 34 heavy (non-hydrogen) atoms. The van der Waals surface area contributed by atoms with Crippen molar-refractivity contribution in [3.05, 3.63) is 72.3 Å². The number of rotatable bonds is 9. The average molecular weight is 462 g/mol. The SMILES string of the molecule is COc1nc(Nc2ccc(-n3cnc(C)c3)c(OC)c2)nc(N(C)[C@H](CO)c2ccccc2)n1. The zero-order valence-corrected chi connectivity index (χ0v) is 19.5. The highest BCUT2D eigenvalue weighted by atomic mass is 16.5. The van der Waals surface area contributed by atoms with Crippen LogP contribution in [0.1, 0.15) is 17.3 Å². The molecule has 0 unspecified atom stereocenters. The molecule has 0 radical (unpaired) electrons. The second-order valence-corrected chi connectivity index (χ2v) is 7.60. The lowest BCUT2D eigenvalue weighted by molar-refractivity contribution is 0.263. The Kier molecular flexibility index (Phi) is 6.88. The summed E-state index contributed by atoms with van der Waals surface area (Å²) in [6.45, 7) is 1.82. The summed E-state index contributed by atoms with van der Waals surface area (Å²) in [6, 6.07) is 15.2. The van der Waals surface area contributed by atoms with Crippen molar-refractivity contribution < 1.29 is 14.6 Å². The summed E-state index contributed by atoms with van der Waals surface area (Å²) in [5, 5.41) is 13.2. The van der Waals surface area contributed by atoms with E-state index in [0.29, 0.717) is 17.6 Å². The highest BCUT2D eigenvalue weighted by Crippen LogP contribution is 2.29. The fourth-order valence-electron chi connectivity index (χ4n) is 3.57. The number of likely N-dealkylation sites (N-methyl/N-ethyl adjacent to an activating group) is 1. The van der Waals surface area contributed by atoms with Gasteiger partial charge in [0.05, 0.1) is 44.6 Å². The Bertz CT molecular complexity index is 1250. The molecule has 2 heterocycles. The number of hydrogen-bond donors (Lipinski definition) is 2. The van der Waals surface area contributed by atoms with E-state index < -0.39 is 0 Å². The van der Waals surface area contributed by atoms with Gasteiger partial charge in [0.1, 0.15) is 5.75 Å². The Morgan fingerprint density at radius 2 is 1.85 bits per heavy atom. The van der Waals surface area contributed by atoms with Crippen LogP contribution in [0.3, 0.4) is 0 Å². The molecule has 10 nitrogen and oxygen atoms in total. The van der Waals surface area contributed by atoms with Gasteiger partial charge in [0.2, 0.25) is 11.9 Å². The number of aliphatic hydroxyl groups is 1. The number of aliphatic hydroxyl groups excluding tert-OH is 1. The van der Waals surface area contributed by atoms with Crippen molar-refractivity contribution >= 4 is 17.6 Å². The van der Waals surface area contributed by atoms with Gasteiger partial charge in [0, 0.05) is 25.0 Å². The van der Waals surface area contributed by atoms with E-state index in [0.717, 1.165) is 22.6 Å². The summed E-state index contributed by atoms with van der Waals surface area (Å²) in [7, 11) is 4.93. The van der Waals surface area contributed by atoms with Crippen molar-refractivity contribution in [3.63, 3.8) is 0 Å². The molecule has 0 spiro atoms. The van der Waals surface area contributed by atoms with Crippen LogP contribution in [0.15, 0.2) is 61.1 Å². The summed E-state index contributed by atoms with van der Waals surface area (Å²) < 4.78 is 12.8. The number of anilines is 3. The van der Waals surface area contributed by atoms with Crippen LogP contribution in [-0.2, 0) is 0 Å². The van der Waals surface area contributed by atoms with Crippen LogP contribution in [0, 0.1) is 6.92 Å². The Labute approximate surface area is 197 Å². The number of aryl methyl sites for hydroxylation is 1. The van der Waals surface area contributed by atoms with Crippen molar-refractivity contribution in [1.29, 1.82) is 0 Å². The Hall–Kier alpha value is -4.18. The highest BCUT2D eigenvalue weighted by Gasteiger charge is 2.21. The first-order valence-electron chi connectivity index (χ1n) is 10.7. The first-order chi connectivity index (χ1) is 16.5. The molecule has 2 N–H and O–H groups in total. The topological polar surface area (TPSA) is 110 Å². The summed E-state index contributed by atoms with van der Waals surface area (Å²) in [4.78, 5) is 19.3. The first-order valence-corrected chi connectivity index (χ1v) is 10.7. The molecular weight excluding hydrogens is 434 g/mol. The highest BCUT2D eigenvalue weighted by molar-refractivity contribution is 5.62. The molecule has 4 rings (SSSR count). The third-order valence-electron chi connectivity index (χ3n) is 5.35. The molecule has 176 valence electrons. The average Bonchev–Trinajstić information content (AvgIpc) is 3.30. The fourth-order valence-corrected chi connectivity index (χ4v) is 3.57. The molecule has 4 aromatic rings. The summed E-state index contributed by atoms with van der Waals surface area (Å²) >= 11 is 0. The quantitative estimate of drug-likeness (QED) is 0.388. The normalized spacial score (nSPS) is 11.7. The van der Waals surface area contributed by atoms with Crippen molar-refractivity contribution in [2.24, 2.45) is 0 Å². The predicted molar refractivity (Wildman–Crippen MR) is 129 cm³/mol. The molecular formula is C24H27N7O3. The summed E-state index contributed by atoms with van der Waals surface area (Å²) in [5.41, 5.74) is 3.43. The molecule has 10 heteroatoms. The van der Waals surface area contributed by atoms with Crippen molar-refractivity contribution in [2.45, 2.75) is 13.0 Å². The Morgan fingerprint density at radius 3 is 2.50 bits per heavy atom. The van der Waals surface area contributed by atoms with Gasteiger partial charge in [0.15, 0.2) is 0 Å². The van der Waals surface area contributed by atoms with Crippen LogP contribution in [0.5, 0.6) is 11.8 Å². The molecule has 0 amide bonds. The maximum atomic E-state index is 10.0. The zero-order valence-electron chi connectivity index (χ0n) is 19.5. The minimum atomic E-state index is -0.334. The van der Waals surface area contributed by atoms with Crippen LogP contribution in [0.25, 0.3) is 5.69 Å². The van der Waals surface area contributed by atoms with Gasteiger partial charge >= 0.3 is 6.01 Å². The lowest BCUT2D eigenvalue weighted by atomic mass is 10.1. The standard InChI is InChI=1S/C24H27N7O3/c1-16-13-31(15-25-16)19-11-10-18(12-21(19)33-3)26-22-27-23(29-24(28-22)34-4)30(2)20(14-32)17-8-6-5-7-9-17/h5-13,15,20,32H,14H2,1-4H3,(H,26,27,28,29)/t20-/m1/s1. The second kappa shape index (κ2) is 10.2. The number of imidazole rings is 1. The second-order valence-electron chi connectivity index (χ2n) is 7.60. The zero-order chi connectivity index (χ0) is 24.1. The molecule has 0 aliphatic carbocycles. The third-order valence-corrected chi connectivity index (χ3v) is 5.35. The smallest absolute Gasteiger partial charge is 0.322 e. The van der Waals surface area contributed by atoms with Gasteiger partial charge < -0.3 is 29.4 Å². The number of nitrogens with zero attached hydrogens (tertiary/aromatic N) is 6. The van der Waals surface area contributed by atoms with Crippen molar-refractivity contribution in [2.75, 3.05) is 38.1 Å².